The second-order valence-electron chi connectivity index (χ2n) is 5.87. The zero-order valence-corrected chi connectivity index (χ0v) is 10.6. The van der Waals surface area contributed by atoms with Crippen molar-refractivity contribution in [3.8, 4) is 0 Å². The van der Waals surface area contributed by atoms with Crippen molar-refractivity contribution >= 4 is 0 Å². The third-order valence-electron chi connectivity index (χ3n) is 2.93. The third-order valence-corrected chi connectivity index (χ3v) is 2.93. The first kappa shape index (κ1) is 14.7. The van der Waals surface area contributed by atoms with E-state index in [0.29, 0.717) is 12.8 Å². The number of hydrogen-bond acceptors (Lipinski definition) is 3. The van der Waals surface area contributed by atoms with E-state index in [1.807, 2.05) is 0 Å². The van der Waals surface area contributed by atoms with Crippen LogP contribution in [0.5, 0.6) is 0 Å². The molecule has 0 atom stereocenters. The Morgan fingerprint density at radius 3 is 1.94 bits per heavy atom. The molecule has 1 rings (SSSR count). The van der Waals surface area contributed by atoms with E-state index >= 15 is 0 Å². The lowest BCUT2D eigenvalue weighted by molar-refractivity contribution is -0.328. The highest BCUT2D eigenvalue weighted by molar-refractivity contribution is 4.96. The van der Waals surface area contributed by atoms with Crippen molar-refractivity contribution in [1.82, 2.24) is 5.06 Å². The summed E-state index contributed by atoms with van der Waals surface area (Å²) in [5, 5.41) is 11.1. The molecule has 0 spiro atoms. The number of alkyl halides is 3. The number of hydrogen-bond donors (Lipinski definition) is 1. The summed E-state index contributed by atoms with van der Waals surface area (Å²) in [6.07, 6.45) is -4.06. The van der Waals surface area contributed by atoms with Gasteiger partial charge in [-0.05, 0) is 40.5 Å². The standard InChI is InChI=1S/C11H20F3NO2/c1-9(2)5-8(16)6-10(3,4)15(9)17-7-11(12,13)14/h8,16H,5-7H2,1-4H3. The molecule has 1 heterocycles. The Morgan fingerprint density at radius 1 is 1.18 bits per heavy atom. The number of aliphatic hydroxyl groups excluding tert-OH is 1. The first-order chi connectivity index (χ1) is 7.44. The Kier molecular flexibility index (Phi) is 3.82. The Morgan fingerprint density at radius 2 is 1.59 bits per heavy atom. The summed E-state index contributed by atoms with van der Waals surface area (Å²) in [4.78, 5) is 4.92. The van der Waals surface area contributed by atoms with E-state index in [0.717, 1.165) is 0 Å². The topological polar surface area (TPSA) is 32.7 Å². The molecule has 1 aliphatic rings. The maximum absolute atomic E-state index is 12.2. The highest BCUT2D eigenvalue weighted by Gasteiger charge is 2.47. The zero-order chi connectivity index (χ0) is 13.5. The van der Waals surface area contributed by atoms with Crippen LogP contribution in [0.25, 0.3) is 0 Å². The van der Waals surface area contributed by atoms with Crippen LogP contribution in [0.3, 0.4) is 0 Å². The molecule has 0 aliphatic carbocycles. The lowest BCUT2D eigenvalue weighted by atomic mass is 9.80. The molecule has 102 valence electrons. The van der Waals surface area contributed by atoms with Crippen LogP contribution in [0.15, 0.2) is 0 Å². The summed E-state index contributed by atoms with van der Waals surface area (Å²) in [5.74, 6) is 0. The second kappa shape index (κ2) is 4.40. The number of piperidine rings is 1. The van der Waals surface area contributed by atoms with Crippen molar-refractivity contribution in [3.05, 3.63) is 0 Å². The van der Waals surface area contributed by atoms with Gasteiger partial charge in [-0.25, -0.2) is 0 Å². The van der Waals surface area contributed by atoms with Gasteiger partial charge in [0, 0.05) is 11.1 Å². The molecular weight excluding hydrogens is 235 g/mol. The van der Waals surface area contributed by atoms with Gasteiger partial charge in [0.25, 0.3) is 0 Å². The van der Waals surface area contributed by atoms with Crippen LogP contribution in [0, 0.1) is 0 Å². The lowest BCUT2D eigenvalue weighted by Crippen LogP contribution is -2.62. The van der Waals surface area contributed by atoms with Crippen LogP contribution in [-0.4, -0.2) is 40.1 Å². The molecule has 0 aromatic carbocycles. The number of halogens is 3. The Bertz CT molecular complexity index is 258. The second-order valence-corrected chi connectivity index (χ2v) is 5.87. The van der Waals surface area contributed by atoms with Gasteiger partial charge in [0.2, 0.25) is 0 Å². The van der Waals surface area contributed by atoms with Crippen molar-refractivity contribution in [1.29, 1.82) is 0 Å². The summed E-state index contributed by atoms with van der Waals surface area (Å²) in [5.41, 5.74) is -1.24. The van der Waals surface area contributed by atoms with Gasteiger partial charge < -0.3 is 5.11 Å². The molecule has 0 bridgehead atoms. The molecule has 0 radical (unpaired) electrons. The molecule has 6 heteroatoms. The fraction of sp³-hybridized carbons (Fsp3) is 1.00. The molecule has 1 fully saturated rings. The van der Waals surface area contributed by atoms with Gasteiger partial charge in [-0.15, -0.1) is 0 Å². The minimum Gasteiger partial charge on any atom is -0.393 e. The van der Waals surface area contributed by atoms with Crippen molar-refractivity contribution < 1.29 is 23.1 Å². The highest BCUT2D eigenvalue weighted by Crippen LogP contribution is 2.39. The van der Waals surface area contributed by atoms with Crippen molar-refractivity contribution in [2.45, 2.75) is 63.9 Å². The van der Waals surface area contributed by atoms with Crippen LogP contribution >= 0.6 is 0 Å². The van der Waals surface area contributed by atoms with E-state index in [9.17, 15) is 18.3 Å². The molecule has 0 unspecified atom stereocenters. The first-order valence-corrected chi connectivity index (χ1v) is 5.62. The number of rotatable bonds is 2. The molecule has 0 aromatic rings. The van der Waals surface area contributed by atoms with Crippen molar-refractivity contribution in [3.63, 3.8) is 0 Å². The smallest absolute Gasteiger partial charge is 0.393 e. The Labute approximate surface area is 99.5 Å². The van der Waals surface area contributed by atoms with Gasteiger partial charge in [0.1, 0.15) is 0 Å². The molecule has 1 N–H and O–H groups in total. The molecule has 1 saturated heterocycles. The van der Waals surface area contributed by atoms with Gasteiger partial charge in [-0.1, -0.05) is 0 Å². The predicted octanol–water partition coefficient (Wildman–Crippen LogP) is 2.49. The fourth-order valence-electron chi connectivity index (χ4n) is 2.70. The minimum absolute atomic E-state index is 0.397. The average molecular weight is 255 g/mol. The minimum atomic E-state index is -4.35. The van der Waals surface area contributed by atoms with E-state index in [4.69, 9.17) is 4.84 Å². The van der Waals surface area contributed by atoms with E-state index in [2.05, 4.69) is 0 Å². The van der Waals surface area contributed by atoms with Crippen molar-refractivity contribution in [2.75, 3.05) is 6.61 Å². The summed E-state index contributed by atoms with van der Waals surface area (Å²) in [6, 6.07) is 0. The Balaban J connectivity index is 2.79. The molecule has 1 aliphatic heterocycles. The van der Waals surface area contributed by atoms with Crippen LogP contribution < -0.4 is 0 Å². The summed E-state index contributed by atoms with van der Waals surface area (Å²) in [7, 11) is 0. The lowest BCUT2D eigenvalue weighted by Gasteiger charge is -2.52. The van der Waals surface area contributed by atoms with Gasteiger partial charge in [-0.3, -0.25) is 4.84 Å². The summed E-state index contributed by atoms with van der Waals surface area (Å²) < 4.78 is 36.6. The monoisotopic (exact) mass is 255 g/mol. The SMILES string of the molecule is CC1(C)CC(O)CC(C)(C)N1OCC(F)(F)F. The van der Waals surface area contributed by atoms with E-state index in [1.165, 1.54) is 5.06 Å². The molecule has 0 amide bonds. The number of aliphatic hydroxyl groups is 1. The summed E-state index contributed by atoms with van der Waals surface area (Å²) in [6.45, 7) is 5.79. The number of hydroxylamine groups is 2. The zero-order valence-electron chi connectivity index (χ0n) is 10.6. The Hall–Kier alpha value is -0.330. The molecule has 17 heavy (non-hydrogen) atoms. The highest BCUT2D eigenvalue weighted by atomic mass is 19.4. The predicted molar refractivity (Wildman–Crippen MR) is 57.2 cm³/mol. The van der Waals surface area contributed by atoms with E-state index in [-0.39, 0.29) is 0 Å². The normalized spacial score (nSPS) is 26.1. The third kappa shape index (κ3) is 3.82. The summed E-state index contributed by atoms with van der Waals surface area (Å²) >= 11 is 0. The van der Waals surface area contributed by atoms with E-state index in [1.54, 1.807) is 27.7 Å². The maximum Gasteiger partial charge on any atom is 0.413 e. The molecule has 0 aromatic heterocycles. The first-order valence-electron chi connectivity index (χ1n) is 5.62. The van der Waals surface area contributed by atoms with Crippen LogP contribution in [-0.2, 0) is 4.84 Å². The molecule has 0 saturated carbocycles. The van der Waals surface area contributed by atoms with Gasteiger partial charge >= 0.3 is 6.18 Å². The number of nitrogens with zero attached hydrogens (tertiary/aromatic N) is 1. The van der Waals surface area contributed by atoms with Gasteiger partial charge in [-0.2, -0.15) is 18.2 Å². The fourth-order valence-corrected chi connectivity index (χ4v) is 2.70. The quantitative estimate of drug-likeness (QED) is 0.823. The van der Waals surface area contributed by atoms with Crippen LogP contribution in [0.4, 0.5) is 13.2 Å². The largest absolute Gasteiger partial charge is 0.413 e. The average Bonchev–Trinajstić information content (AvgIpc) is 1.94. The molecular formula is C11H20F3NO2. The molecule has 3 nitrogen and oxygen atoms in total. The van der Waals surface area contributed by atoms with Crippen LogP contribution in [0.1, 0.15) is 40.5 Å². The van der Waals surface area contributed by atoms with Crippen LogP contribution in [0.2, 0.25) is 0 Å². The van der Waals surface area contributed by atoms with Crippen molar-refractivity contribution in [2.24, 2.45) is 0 Å². The maximum atomic E-state index is 12.2. The van der Waals surface area contributed by atoms with Gasteiger partial charge in [0.05, 0.1) is 6.10 Å². The van der Waals surface area contributed by atoms with E-state index < -0.39 is 30.0 Å². The van der Waals surface area contributed by atoms with Gasteiger partial charge in [0.15, 0.2) is 6.61 Å².